The predicted octanol–water partition coefficient (Wildman–Crippen LogP) is 12.2. The molecule has 0 aromatic heterocycles. The summed E-state index contributed by atoms with van der Waals surface area (Å²) < 4.78 is 4.36. The summed E-state index contributed by atoms with van der Waals surface area (Å²) in [5, 5.41) is 11.3. The van der Waals surface area contributed by atoms with Crippen molar-refractivity contribution in [2.24, 2.45) is 0 Å². The number of imide groups is 2. The third kappa shape index (κ3) is 10.6. The molecule has 2 aliphatic rings. The number of nitrogens with zero attached hydrogens (tertiary/aromatic N) is 3. The molecule has 0 N–H and O–H groups in total. The van der Waals surface area contributed by atoms with Gasteiger partial charge in [0.25, 0.3) is 0 Å². The second-order valence-corrected chi connectivity index (χ2v) is 29.7. The Hall–Kier alpha value is -2.73. The van der Waals surface area contributed by atoms with Crippen molar-refractivity contribution in [1.82, 2.24) is 9.80 Å². The van der Waals surface area contributed by atoms with Gasteiger partial charge >= 0.3 is 306 Å². The second-order valence-electron chi connectivity index (χ2n) is 16.6. The topological polar surface area (TPSA) is 98.6 Å². The van der Waals surface area contributed by atoms with E-state index in [2.05, 4.69) is 40.7 Å². The van der Waals surface area contributed by atoms with E-state index in [-0.39, 0.29) is 22.9 Å². The second kappa shape index (κ2) is 22.9. The molecule has 2 aromatic carbocycles. The molecule has 2 aromatic rings. The summed E-state index contributed by atoms with van der Waals surface area (Å²) in [5.74, 6) is -1.47. The number of carbonyl (C=O) groups is 4. The first-order valence-corrected chi connectivity index (χ1v) is 30.0. The standard InChI is InChI=1S/C35H44N3O4.3C4H9.Sn/c1-3-5-7-9-11-13-15-17-21-37-32(39)26-19-20-27-31-29(25(24-36)23-28(30(26)31)34(37)41)35(42)38(33(27)40)22-18-16-14-12-10-8-6-4-2;3*1-3-4-2;/h20,23H,3-18,21-22H2,1-2H3;3*1,3-4H2,2H3;. The zero-order valence-corrected chi connectivity index (χ0v) is 38.1. The summed E-state index contributed by atoms with van der Waals surface area (Å²) in [6, 6.07) is 5.86. The van der Waals surface area contributed by atoms with Crippen molar-refractivity contribution in [3.05, 3.63) is 39.9 Å². The van der Waals surface area contributed by atoms with Crippen molar-refractivity contribution >= 4 is 56.4 Å². The Kier molecular flexibility index (Phi) is 18.7. The van der Waals surface area contributed by atoms with Gasteiger partial charge in [-0.2, -0.15) is 0 Å². The molecule has 4 rings (SSSR count). The van der Waals surface area contributed by atoms with Crippen LogP contribution in [0.5, 0.6) is 0 Å². The average Bonchev–Trinajstić information content (AvgIpc) is 3.19. The van der Waals surface area contributed by atoms with Crippen LogP contribution in [0.4, 0.5) is 0 Å². The Morgan fingerprint density at radius 3 is 1.25 bits per heavy atom. The molecule has 0 unspecified atom stereocenters. The van der Waals surface area contributed by atoms with Crippen LogP contribution >= 0.6 is 0 Å². The number of hydrogen-bond donors (Lipinski definition) is 0. The molecular formula is C47H71N3O4Sn. The molecular weight excluding hydrogens is 789 g/mol. The van der Waals surface area contributed by atoms with Gasteiger partial charge in [-0.1, -0.05) is 33.1 Å². The molecule has 0 bridgehead atoms. The van der Waals surface area contributed by atoms with Gasteiger partial charge in [0.05, 0.1) is 0 Å². The fourth-order valence-corrected chi connectivity index (χ4v) is 25.9. The number of unbranched alkanes of at least 4 members (excludes halogenated alkanes) is 17. The number of rotatable bonds is 28. The molecule has 2 heterocycles. The van der Waals surface area contributed by atoms with E-state index in [4.69, 9.17) is 0 Å². The molecule has 0 saturated heterocycles. The molecule has 4 amide bonds. The number of amides is 4. The quantitative estimate of drug-likeness (QED) is 0.0482. The van der Waals surface area contributed by atoms with Gasteiger partial charge in [0.1, 0.15) is 0 Å². The van der Waals surface area contributed by atoms with E-state index >= 15 is 4.79 Å². The van der Waals surface area contributed by atoms with Crippen LogP contribution in [0.25, 0.3) is 10.8 Å². The number of hydrogen-bond acceptors (Lipinski definition) is 5. The van der Waals surface area contributed by atoms with Crippen molar-refractivity contribution in [3.63, 3.8) is 0 Å². The van der Waals surface area contributed by atoms with Gasteiger partial charge in [0.15, 0.2) is 0 Å². The maximum absolute atomic E-state index is 15.0. The van der Waals surface area contributed by atoms with Gasteiger partial charge in [-0.3, -0.25) is 0 Å². The van der Waals surface area contributed by atoms with Crippen LogP contribution in [0.2, 0.25) is 13.3 Å². The van der Waals surface area contributed by atoms with E-state index in [9.17, 15) is 19.6 Å². The van der Waals surface area contributed by atoms with Gasteiger partial charge in [0.2, 0.25) is 0 Å². The average molecular weight is 861 g/mol. The molecule has 0 fully saturated rings. The summed E-state index contributed by atoms with van der Waals surface area (Å²) in [6.45, 7) is 11.8. The third-order valence-corrected chi connectivity index (χ3v) is 28.1. The van der Waals surface area contributed by atoms with Crippen molar-refractivity contribution in [2.45, 2.75) is 189 Å². The van der Waals surface area contributed by atoms with Crippen LogP contribution in [-0.2, 0) is 0 Å². The number of nitriles is 1. The SMILES string of the molecule is CCCCCCCCCCN1C(=O)c2c[c]([Sn]([CH2]CCC)([CH2]CCC)[CH2]CCC)c3c4c(cc(C#N)c(c24)C1=O)C(=O)N(CCCCCCCCCC)C3=O. The first kappa shape index (κ1) is 45.0. The molecule has 2 aliphatic heterocycles. The van der Waals surface area contributed by atoms with Crippen molar-refractivity contribution in [3.8, 4) is 6.07 Å². The van der Waals surface area contributed by atoms with E-state index < -0.39 is 30.2 Å². The Morgan fingerprint density at radius 1 is 0.473 bits per heavy atom. The molecule has 0 spiro atoms. The van der Waals surface area contributed by atoms with Gasteiger partial charge in [-0.15, -0.1) is 0 Å². The Morgan fingerprint density at radius 2 is 0.836 bits per heavy atom. The minimum absolute atomic E-state index is 0.119. The van der Waals surface area contributed by atoms with Crippen LogP contribution in [0.15, 0.2) is 12.1 Å². The van der Waals surface area contributed by atoms with Crippen molar-refractivity contribution in [1.29, 1.82) is 5.26 Å². The number of benzene rings is 2. The third-order valence-electron chi connectivity index (χ3n) is 12.5. The van der Waals surface area contributed by atoms with Crippen molar-refractivity contribution in [2.75, 3.05) is 13.1 Å². The first-order chi connectivity index (χ1) is 26.8. The molecule has 7 nitrogen and oxygen atoms in total. The van der Waals surface area contributed by atoms with Crippen LogP contribution in [-0.4, -0.2) is 64.9 Å². The van der Waals surface area contributed by atoms with E-state index in [0.717, 1.165) is 100 Å². The molecule has 302 valence electrons. The summed E-state index contributed by atoms with van der Waals surface area (Å²) in [4.78, 5) is 61.4. The molecule has 0 saturated carbocycles. The van der Waals surface area contributed by atoms with Gasteiger partial charge in [0, 0.05) is 0 Å². The van der Waals surface area contributed by atoms with Gasteiger partial charge in [-0.05, 0) is 0 Å². The summed E-state index contributed by atoms with van der Waals surface area (Å²) in [6.07, 6.45) is 24.0. The van der Waals surface area contributed by atoms with Gasteiger partial charge in [-0.25, -0.2) is 0 Å². The minimum atomic E-state index is -3.47. The van der Waals surface area contributed by atoms with Crippen molar-refractivity contribution < 1.29 is 19.2 Å². The van der Waals surface area contributed by atoms with E-state index in [1.807, 2.05) is 6.07 Å². The van der Waals surface area contributed by atoms with Crippen LogP contribution in [0, 0.1) is 11.3 Å². The van der Waals surface area contributed by atoms with E-state index in [1.54, 1.807) is 6.07 Å². The Balaban J connectivity index is 1.84. The maximum atomic E-state index is 15.0. The summed E-state index contributed by atoms with van der Waals surface area (Å²) in [7, 11) is 0. The summed E-state index contributed by atoms with van der Waals surface area (Å²) in [5.41, 5.74) is 1.62. The van der Waals surface area contributed by atoms with E-state index in [1.165, 1.54) is 61.2 Å². The monoisotopic (exact) mass is 861 g/mol. The molecule has 55 heavy (non-hydrogen) atoms. The van der Waals surface area contributed by atoms with Crippen LogP contribution in [0.1, 0.15) is 223 Å². The van der Waals surface area contributed by atoms with E-state index in [0.29, 0.717) is 47.0 Å². The Labute approximate surface area is 337 Å². The van der Waals surface area contributed by atoms with Crippen LogP contribution in [0.3, 0.4) is 0 Å². The fraction of sp³-hybridized carbons (Fsp3) is 0.681. The summed E-state index contributed by atoms with van der Waals surface area (Å²) >= 11 is -3.47. The number of carbonyl (C=O) groups excluding carboxylic acids is 4. The zero-order valence-electron chi connectivity index (χ0n) is 35.2. The zero-order chi connectivity index (χ0) is 39.8. The van der Waals surface area contributed by atoms with Crippen LogP contribution < -0.4 is 3.58 Å². The molecule has 0 aliphatic carbocycles. The normalized spacial score (nSPS) is 14.1. The van der Waals surface area contributed by atoms with Gasteiger partial charge < -0.3 is 0 Å². The molecule has 0 atom stereocenters. The predicted molar refractivity (Wildman–Crippen MR) is 229 cm³/mol. The Bertz CT molecular complexity index is 1650. The molecule has 0 radical (unpaired) electrons. The molecule has 8 heteroatoms. The first-order valence-electron chi connectivity index (χ1n) is 22.6. The fourth-order valence-electron chi connectivity index (χ4n) is 9.21.